The average molecular weight is 367 g/mol. The molecule has 0 fully saturated rings. The van der Waals surface area contributed by atoms with E-state index in [1.165, 1.54) is 0 Å². The van der Waals surface area contributed by atoms with Crippen molar-refractivity contribution in [2.75, 3.05) is 26.5 Å². The Morgan fingerprint density at radius 3 is 2.92 bits per heavy atom. The van der Waals surface area contributed by atoms with Crippen LogP contribution in [0.25, 0.3) is 0 Å². The number of para-hydroxylation sites is 1. The van der Waals surface area contributed by atoms with Crippen LogP contribution in [-0.4, -0.2) is 37.4 Å². The zero-order valence-electron chi connectivity index (χ0n) is 13.9. The quantitative estimate of drug-likeness (QED) is 0.516. The van der Waals surface area contributed by atoms with E-state index >= 15 is 0 Å². The van der Waals surface area contributed by atoms with Gasteiger partial charge in [0.1, 0.15) is 4.34 Å². The van der Waals surface area contributed by atoms with Gasteiger partial charge in [0.25, 0.3) is 0 Å². The molecule has 0 unspecified atom stereocenters. The van der Waals surface area contributed by atoms with Crippen molar-refractivity contribution in [3.05, 3.63) is 35.3 Å². The Balaban J connectivity index is 1.68. The van der Waals surface area contributed by atoms with Gasteiger partial charge in [0.2, 0.25) is 5.91 Å². The molecule has 7 heteroatoms. The van der Waals surface area contributed by atoms with Crippen molar-refractivity contribution < 1.29 is 14.3 Å². The lowest BCUT2D eigenvalue weighted by molar-refractivity contribution is -0.121. The number of nitrogens with one attached hydrogen (secondary N) is 1. The number of thioether (sulfide) groups is 1. The lowest BCUT2D eigenvalue weighted by Crippen LogP contribution is -2.25. The first-order valence-corrected chi connectivity index (χ1v) is 9.60. The Kier molecular flexibility index (Phi) is 7.91. The Bertz CT molecular complexity index is 633. The number of benzene rings is 1. The second kappa shape index (κ2) is 10.2. The molecule has 5 nitrogen and oxygen atoms in total. The number of methoxy groups -OCH3 is 2. The summed E-state index contributed by atoms with van der Waals surface area (Å²) in [5, 5.41) is 4.93. The van der Waals surface area contributed by atoms with Gasteiger partial charge in [-0.15, -0.1) is 11.3 Å². The van der Waals surface area contributed by atoms with Gasteiger partial charge in [-0.25, -0.2) is 4.98 Å². The number of amides is 1. The minimum atomic E-state index is 0.0547. The Hall–Kier alpha value is -1.73. The van der Waals surface area contributed by atoms with E-state index in [9.17, 15) is 4.79 Å². The van der Waals surface area contributed by atoms with Crippen LogP contribution >= 0.6 is 23.1 Å². The van der Waals surface area contributed by atoms with E-state index in [1.807, 2.05) is 29.8 Å². The molecule has 2 aromatic rings. The molecule has 0 saturated heterocycles. The summed E-state index contributed by atoms with van der Waals surface area (Å²) in [5.41, 5.74) is 0.978. The summed E-state index contributed by atoms with van der Waals surface area (Å²) in [4.78, 5) is 16.2. The summed E-state index contributed by atoms with van der Waals surface area (Å²) in [7, 11) is 3.22. The molecule has 2 rings (SSSR count). The molecular weight excluding hydrogens is 344 g/mol. The van der Waals surface area contributed by atoms with Crippen molar-refractivity contribution >= 4 is 29.0 Å². The molecule has 0 saturated carbocycles. The predicted octanol–water partition coefficient (Wildman–Crippen LogP) is 3.39. The summed E-state index contributed by atoms with van der Waals surface area (Å²) in [6.07, 6.45) is 3.79. The van der Waals surface area contributed by atoms with Crippen molar-refractivity contribution in [2.45, 2.75) is 23.6 Å². The van der Waals surface area contributed by atoms with Gasteiger partial charge in [0, 0.05) is 30.3 Å². The fraction of sp³-hybridized carbons (Fsp3) is 0.412. The molecule has 0 aliphatic rings. The van der Waals surface area contributed by atoms with Gasteiger partial charge in [0.05, 0.1) is 14.2 Å². The molecule has 0 aliphatic heterocycles. The molecule has 130 valence electrons. The number of hydrogen-bond donors (Lipinski definition) is 1. The first-order chi connectivity index (χ1) is 11.7. The highest BCUT2D eigenvalue weighted by Gasteiger charge is 2.11. The van der Waals surface area contributed by atoms with Gasteiger partial charge >= 0.3 is 0 Å². The van der Waals surface area contributed by atoms with Gasteiger partial charge < -0.3 is 14.8 Å². The molecule has 1 aromatic carbocycles. The summed E-state index contributed by atoms with van der Waals surface area (Å²) >= 11 is 3.37. The standard InChI is InChI=1S/C17H22N2O3S2/c1-21-14-6-3-5-13(16(14)22-2)7-8-15(20)18-9-4-11-23-17-19-10-12-24-17/h3,5-6,10,12H,4,7-9,11H2,1-2H3,(H,18,20). The smallest absolute Gasteiger partial charge is 0.220 e. The highest BCUT2D eigenvalue weighted by molar-refractivity contribution is 8.00. The second-order valence-electron chi connectivity index (χ2n) is 5.00. The van der Waals surface area contributed by atoms with Gasteiger partial charge in [0.15, 0.2) is 11.5 Å². The maximum absolute atomic E-state index is 12.0. The predicted molar refractivity (Wildman–Crippen MR) is 98.3 cm³/mol. The molecule has 0 spiro atoms. The lowest BCUT2D eigenvalue weighted by atomic mass is 10.1. The Morgan fingerprint density at radius 2 is 2.21 bits per heavy atom. The van der Waals surface area contributed by atoms with Crippen LogP contribution in [-0.2, 0) is 11.2 Å². The third-order valence-electron chi connectivity index (χ3n) is 3.38. The number of ether oxygens (including phenoxy) is 2. The summed E-state index contributed by atoms with van der Waals surface area (Å²) < 4.78 is 11.7. The van der Waals surface area contributed by atoms with Crippen molar-refractivity contribution in [3.63, 3.8) is 0 Å². The van der Waals surface area contributed by atoms with E-state index in [4.69, 9.17) is 9.47 Å². The SMILES string of the molecule is COc1cccc(CCC(=O)NCCCSc2nccs2)c1OC. The van der Waals surface area contributed by atoms with Crippen molar-refractivity contribution in [1.82, 2.24) is 10.3 Å². The third-order valence-corrected chi connectivity index (χ3v) is 5.44. The van der Waals surface area contributed by atoms with Gasteiger partial charge in [-0.2, -0.15) is 0 Å². The minimum absolute atomic E-state index is 0.0547. The largest absolute Gasteiger partial charge is 0.493 e. The van der Waals surface area contributed by atoms with Gasteiger partial charge in [-0.05, 0) is 24.5 Å². The van der Waals surface area contributed by atoms with Gasteiger partial charge in [-0.3, -0.25) is 4.79 Å². The first kappa shape index (κ1) is 18.6. The summed E-state index contributed by atoms with van der Waals surface area (Å²) in [5.74, 6) is 2.40. The van der Waals surface area contributed by atoms with Crippen LogP contribution in [0, 0.1) is 0 Å². The Labute approximate surface area is 150 Å². The van der Waals surface area contributed by atoms with Crippen LogP contribution in [0.4, 0.5) is 0 Å². The van der Waals surface area contributed by atoms with Gasteiger partial charge in [-0.1, -0.05) is 23.9 Å². The third kappa shape index (κ3) is 5.72. The number of thiazole rings is 1. The second-order valence-corrected chi connectivity index (χ2v) is 7.24. The van der Waals surface area contributed by atoms with Crippen molar-refractivity contribution in [3.8, 4) is 11.5 Å². The van der Waals surface area contributed by atoms with Crippen LogP contribution in [0.2, 0.25) is 0 Å². The zero-order valence-corrected chi connectivity index (χ0v) is 15.5. The first-order valence-electron chi connectivity index (χ1n) is 7.73. The molecule has 0 bridgehead atoms. The van der Waals surface area contributed by atoms with E-state index in [1.54, 1.807) is 37.3 Å². The number of aryl methyl sites for hydroxylation is 1. The van der Waals surface area contributed by atoms with Crippen LogP contribution in [0.3, 0.4) is 0 Å². The molecule has 1 aromatic heterocycles. The monoisotopic (exact) mass is 366 g/mol. The van der Waals surface area contributed by atoms with Crippen LogP contribution in [0.15, 0.2) is 34.1 Å². The topological polar surface area (TPSA) is 60.5 Å². The van der Waals surface area contributed by atoms with E-state index in [0.717, 1.165) is 22.1 Å². The zero-order chi connectivity index (χ0) is 17.2. The molecule has 24 heavy (non-hydrogen) atoms. The van der Waals surface area contributed by atoms with E-state index in [0.29, 0.717) is 30.9 Å². The number of hydrogen-bond acceptors (Lipinski definition) is 6. The molecular formula is C17H22N2O3S2. The van der Waals surface area contributed by atoms with E-state index in [-0.39, 0.29) is 5.91 Å². The minimum Gasteiger partial charge on any atom is -0.493 e. The normalized spacial score (nSPS) is 10.4. The molecule has 1 amide bonds. The molecule has 0 atom stereocenters. The lowest BCUT2D eigenvalue weighted by Gasteiger charge is -2.12. The van der Waals surface area contributed by atoms with E-state index < -0.39 is 0 Å². The highest BCUT2D eigenvalue weighted by Crippen LogP contribution is 2.31. The number of carbonyl (C=O) groups excluding carboxylic acids is 1. The fourth-order valence-electron chi connectivity index (χ4n) is 2.23. The maximum Gasteiger partial charge on any atom is 0.220 e. The molecule has 1 N–H and O–H groups in total. The highest BCUT2D eigenvalue weighted by atomic mass is 32.2. The van der Waals surface area contributed by atoms with Crippen LogP contribution in [0.5, 0.6) is 11.5 Å². The number of aromatic nitrogens is 1. The average Bonchev–Trinajstić information content (AvgIpc) is 3.12. The number of rotatable bonds is 10. The summed E-state index contributed by atoms with van der Waals surface area (Å²) in [6, 6.07) is 5.71. The molecule has 0 aliphatic carbocycles. The van der Waals surface area contributed by atoms with Crippen molar-refractivity contribution in [2.24, 2.45) is 0 Å². The fourth-order valence-corrected chi connectivity index (χ4v) is 3.88. The number of nitrogens with zero attached hydrogens (tertiary/aromatic N) is 1. The Morgan fingerprint density at radius 1 is 1.33 bits per heavy atom. The number of carbonyl (C=O) groups is 1. The van der Waals surface area contributed by atoms with E-state index in [2.05, 4.69) is 10.3 Å². The van der Waals surface area contributed by atoms with Crippen LogP contribution in [0.1, 0.15) is 18.4 Å². The molecule has 1 heterocycles. The van der Waals surface area contributed by atoms with Crippen molar-refractivity contribution in [1.29, 1.82) is 0 Å². The summed E-state index contributed by atoms with van der Waals surface area (Å²) in [6.45, 7) is 0.687. The maximum atomic E-state index is 12.0. The molecule has 0 radical (unpaired) electrons. The van der Waals surface area contributed by atoms with Crippen LogP contribution < -0.4 is 14.8 Å².